The molecule has 2 rings (SSSR count). The first kappa shape index (κ1) is 7.16. The van der Waals surface area contributed by atoms with Gasteiger partial charge in [0, 0.05) is 20.3 Å². The Morgan fingerprint density at radius 3 is 2.92 bits per heavy atom. The predicted octanol–water partition coefficient (Wildman–Crippen LogP) is 1.40. The molecule has 0 N–H and O–H groups in total. The fourth-order valence-electron chi connectivity index (χ4n) is 1.27. The van der Waals surface area contributed by atoms with E-state index in [4.69, 9.17) is 0 Å². The van der Waals surface area contributed by atoms with E-state index < -0.39 is 0 Å². The molecule has 2 aromatic rings. The zero-order valence-corrected chi connectivity index (χ0v) is 7.23. The minimum Gasteiger partial charge on any atom is -0.361 e. The van der Waals surface area contributed by atoms with Crippen LogP contribution in [0.1, 0.15) is 0 Å². The minimum absolute atomic E-state index is 1.01. The van der Waals surface area contributed by atoms with Crippen molar-refractivity contribution in [2.75, 3.05) is 19.0 Å². The molecule has 12 heavy (non-hydrogen) atoms. The summed E-state index contributed by atoms with van der Waals surface area (Å²) >= 11 is 0. The van der Waals surface area contributed by atoms with E-state index in [0.29, 0.717) is 0 Å². The van der Waals surface area contributed by atoms with Gasteiger partial charge in [-0.3, -0.25) is 0 Å². The number of aromatic nitrogens is 2. The molecule has 0 radical (unpaired) electrons. The van der Waals surface area contributed by atoms with Gasteiger partial charge < -0.3 is 9.30 Å². The van der Waals surface area contributed by atoms with Crippen molar-refractivity contribution >= 4 is 11.3 Å². The Hall–Kier alpha value is -1.51. The largest absolute Gasteiger partial charge is 0.361 e. The summed E-state index contributed by atoms with van der Waals surface area (Å²) in [5.41, 5.74) is 1.14. The van der Waals surface area contributed by atoms with Crippen LogP contribution in [-0.4, -0.2) is 23.5 Å². The molecule has 0 saturated carbocycles. The highest BCUT2D eigenvalue weighted by Crippen LogP contribution is 2.16. The monoisotopic (exact) mass is 161 g/mol. The summed E-state index contributed by atoms with van der Waals surface area (Å²) in [4.78, 5) is 6.29. The van der Waals surface area contributed by atoms with Crippen LogP contribution in [0, 0.1) is 0 Å². The maximum absolute atomic E-state index is 4.28. The van der Waals surface area contributed by atoms with Gasteiger partial charge in [-0.2, -0.15) is 0 Å². The molecule has 0 aliphatic carbocycles. The van der Waals surface area contributed by atoms with E-state index in [9.17, 15) is 0 Å². The molecule has 3 heteroatoms. The second kappa shape index (κ2) is 2.52. The third-order valence-electron chi connectivity index (χ3n) is 1.85. The summed E-state index contributed by atoms with van der Waals surface area (Å²) in [6.45, 7) is 0. The van der Waals surface area contributed by atoms with Gasteiger partial charge in [0.15, 0.2) is 5.82 Å². The maximum atomic E-state index is 4.28. The zero-order valence-electron chi connectivity index (χ0n) is 7.23. The minimum atomic E-state index is 1.01. The average molecular weight is 161 g/mol. The van der Waals surface area contributed by atoms with E-state index in [0.717, 1.165) is 11.3 Å². The third kappa shape index (κ3) is 0.942. The average Bonchev–Trinajstić information content (AvgIpc) is 2.47. The maximum Gasteiger partial charge on any atom is 0.154 e. The first-order chi connectivity index (χ1) is 5.79. The van der Waals surface area contributed by atoms with Crippen molar-refractivity contribution in [1.82, 2.24) is 9.38 Å². The van der Waals surface area contributed by atoms with Crippen molar-refractivity contribution in [3.05, 3.63) is 30.7 Å². The number of nitrogens with zero attached hydrogens (tertiary/aromatic N) is 3. The van der Waals surface area contributed by atoms with E-state index in [1.54, 1.807) is 0 Å². The first-order valence-corrected chi connectivity index (χ1v) is 3.88. The summed E-state index contributed by atoms with van der Waals surface area (Å²) in [6.07, 6.45) is 3.82. The molecule has 0 spiro atoms. The lowest BCUT2D eigenvalue weighted by molar-refractivity contribution is 1.09. The summed E-state index contributed by atoms with van der Waals surface area (Å²) in [5.74, 6) is 1.01. The van der Waals surface area contributed by atoms with Gasteiger partial charge in [-0.05, 0) is 12.1 Å². The highest BCUT2D eigenvalue weighted by atomic mass is 15.2. The van der Waals surface area contributed by atoms with Gasteiger partial charge in [-0.25, -0.2) is 4.98 Å². The SMILES string of the molecule is CN(C)c1ncn2ccccc12. The van der Waals surface area contributed by atoms with Crippen LogP contribution in [0.15, 0.2) is 30.7 Å². The van der Waals surface area contributed by atoms with E-state index in [-0.39, 0.29) is 0 Å². The van der Waals surface area contributed by atoms with Crippen molar-refractivity contribution < 1.29 is 0 Å². The number of rotatable bonds is 1. The molecule has 0 aliphatic rings. The van der Waals surface area contributed by atoms with Crippen LogP contribution in [-0.2, 0) is 0 Å². The van der Waals surface area contributed by atoms with Gasteiger partial charge in [0.2, 0.25) is 0 Å². The van der Waals surface area contributed by atoms with E-state index in [2.05, 4.69) is 11.1 Å². The smallest absolute Gasteiger partial charge is 0.154 e. The Kier molecular flexibility index (Phi) is 1.50. The molecule has 0 amide bonds. The molecule has 0 unspecified atom stereocenters. The lowest BCUT2D eigenvalue weighted by Crippen LogP contribution is -2.09. The lowest BCUT2D eigenvalue weighted by atomic mass is 10.4. The fraction of sp³-hybridized carbons (Fsp3) is 0.222. The number of imidazole rings is 1. The van der Waals surface area contributed by atoms with Gasteiger partial charge in [-0.15, -0.1) is 0 Å². The topological polar surface area (TPSA) is 20.5 Å². The van der Waals surface area contributed by atoms with Crippen molar-refractivity contribution in [1.29, 1.82) is 0 Å². The molecule has 0 fully saturated rings. The van der Waals surface area contributed by atoms with Crippen LogP contribution in [0.25, 0.3) is 5.52 Å². The Balaban J connectivity index is 2.70. The quantitative estimate of drug-likeness (QED) is 0.630. The van der Waals surface area contributed by atoms with Crippen LogP contribution in [0.4, 0.5) is 5.82 Å². The summed E-state index contributed by atoms with van der Waals surface area (Å²) in [7, 11) is 3.99. The molecular formula is C9H11N3. The number of hydrogen-bond acceptors (Lipinski definition) is 2. The Labute approximate surface area is 71.3 Å². The molecule has 0 atom stereocenters. The second-order valence-electron chi connectivity index (χ2n) is 2.96. The summed E-state index contributed by atoms with van der Waals surface area (Å²) in [6, 6.07) is 6.07. The van der Waals surface area contributed by atoms with Gasteiger partial charge in [0.1, 0.15) is 6.33 Å². The highest BCUT2D eigenvalue weighted by Gasteiger charge is 2.03. The number of anilines is 1. The van der Waals surface area contributed by atoms with Crippen LogP contribution in [0.5, 0.6) is 0 Å². The molecule has 0 aromatic carbocycles. The van der Waals surface area contributed by atoms with Crippen LogP contribution in [0.2, 0.25) is 0 Å². The van der Waals surface area contributed by atoms with Crippen molar-refractivity contribution in [3.8, 4) is 0 Å². The lowest BCUT2D eigenvalue weighted by Gasteiger charge is -2.07. The Morgan fingerprint density at radius 1 is 1.33 bits per heavy atom. The molecule has 62 valence electrons. The molecule has 0 saturated heterocycles. The van der Waals surface area contributed by atoms with Gasteiger partial charge in [0.25, 0.3) is 0 Å². The number of fused-ring (bicyclic) bond motifs is 1. The first-order valence-electron chi connectivity index (χ1n) is 3.88. The Morgan fingerprint density at radius 2 is 2.17 bits per heavy atom. The Bertz CT molecular complexity index is 389. The van der Waals surface area contributed by atoms with E-state index >= 15 is 0 Å². The van der Waals surface area contributed by atoms with E-state index in [1.165, 1.54) is 0 Å². The van der Waals surface area contributed by atoms with Crippen molar-refractivity contribution in [3.63, 3.8) is 0 Å². The summed E-state index contributed by atoms with van der Waals surface area (Å²) in [5, 5.41) is 0. The van der Waals surface area contributed by atoms with Gasteiger partial charge in [0.05, 0.1) is 5.52 Å². The normalized spacial score (nSPS) is 10.5. The second-order valence-corrected chi connectivity index (χ2v) is 2.96. The van der Waals surface area contributed by atoms with E-state index in [1.807, 2.05) is 48.1 Å². The van der Waals surface area contributed by atoms with Crippen LogP contribution in [0.3, 0.4) is 0 Å². The molecule has 0 bridgehead atoms. The number of hydrogen-bond donors (Lipinski definition) is 0. The van der Waals surface area contributed by atoms with Gasteiger partial charge >= 0.3 is 0 Å². The number of pyridine rings is 1. The molecule has 0 aliphatic heterocycles. The molecule has 3 nitrogen and oxygen atoms in total. The fourth-order valence-corrected chi connectivity index (χ4v) is 1.27. The van der Waals surface area contributed by atoms with Crippen LogP contribution >= 0.6 is 0 Å². The molecular weight excluding hydrogens is 150 g/mol. The predicted molar refractivity (Wildman–Crippen MR) is 49.5 cm³/mol. The molecule has 2 heterocycles. The van der Waals surface area contributed by atoms with Crippen molar-refractivity contribution in [2.24, 2.45) is 0 Å². The zero-order chi connectivity index (χ0) is 8.55. The summed E-state index contributed by atoms with van der Waals surface area (Å²) < 4.78 is 2.01. The van der Waals surface area contributed by atoms with Crippen molar-refractivity contribution in [2.45, 2.75) is 0 Å². The molecule has 2 aromatic heterocycles. The van der Waals surface area contributed by atoms with Gasteiger partial charge in [-0.1, -0.05) is 6.07 Å². The highest BCUT2D eigenvalue weighted by molar-refractivity contribution is 5.68. The van der Waals surface area contributed by atoms with Crippen LogP contribution < -0.4 is 4.90 Å². The standard InChI is InChI=1S/C9H11N3/c1-11(2)9-8-5-3-4-6-12(8)7-10-9/h3-7H,1-2H3. The third-order valence-corrected chi connectivity index (χ3v) is 1.85.